The van der Waals surface area contributed by atoms with Crippen LogP contribution in [0.25, 0.3) is 10.9 Å². The van der Waals surface area contributed by atoms with E-state index in [2.05, 4.69) is 16.9 Å². The zero-order valence-corrected chi connectivity index (χ0v) is 11.7. The zero-order valence-electron chi connectivity index (χ0n) is 10.9. The molecule has 1 amide bonds. The largest absolute Gasteiger partial charge is 0.376 e. The lowest BCUT2D eigenvalue weighted by molar-refractivity contribution is 0.0930. The second kappa shape index (κ2) is 7.03. The summed E-state index contributed by atoms with van der Waals surface area (Å²) >= 11 is 5.94. The third kappa shape index (κ3) is 3.56. The second-order valence-corrected chi connectivity index (χ2v) is 4.52. The van der Waals surface area contributed by atoms with Crippen LogP contribution in [0.15, 0.2) is 43.0 Å². The highest BCUT2D eigenvalue weighted by Gasteiger charge is 2.11. The van der Waals surface area contributed by atoms with Gasteiger partial charge in [0.25, 0.3) is 5.91 Å². The molecule has 0 aliphatic heterocycles. The van der Waals surface area contributed by atoms with E-state index < -0.39 is 0 Å². The van der Waals surface area contributed by atoms with Crippen molar-refractivity contribution in [3.8, 4) is 0 Å². The van der Waals surface area contributed by atoms with Crippen LogP contribution in [0.4, 0.5) is 0 Å². The van der Waals surface area contributed by atoms with E-state index in [1.807, 2.05) is 24.3 Å². The summed E-state index contributed by atoms with van der Waals surface area (Å²) in [6.07, 6.45) is 1.66. The van der Waals surface area contributed by atoms with Gasteiger partial charge in [-0.1, -0.05) is 35.9 Å². The molecule has 1 aromatic carbocycles. The fraction of sp³-hybridized carbons (Fsp3) is 0.200. The molecule has 5 heteroatoms. The molecule has 0 unspecified atom stereocenters. The molecule has 104 valence electrons. The maximum absolute atomic E-state index is 12.2. The normalized spacial score (nSPS) is 10.4. The Morgan fingerprint density at radius 1 is 1.45 bits per heavy atom. The number of aromatic nitrogens is 1. The van der Waals surface area contributed by atoms with E-state index in [0.29, 0.717) is 36.0 Å². The van der Waals surface area contributed by atoms with Crippen molar-refractivity contribution in [1.29, 1.82) is 0 Å². The smallest absolute Gasteiger partial charge is 0.252 e. The van der Waals surface area contributed by atoms with Crippen LogP contribution < -0.4 is 5.32 Å². The van der Waals surface area contributed by atoms with Gasteiger partial charge in [-0.2, -0.15) is 0 Å². The first kappa shape index (κ1) is 14.5. The molecule has 20 heavy (non-hydrogen) atoms. The molecular weight excluding hydrogens is 276 g/mol. The minimum absolute atomic E-state index is 0.187. The maximum Gasteiger partial charge on any atom is 0.252 e. The minimum Gasteiger partial charge on any atom is -0.376 e. The second-order valence-electron chi connectivity index (χ2n) is 4.13. The standard InChI is InChI=1S/C15H15ClN2O2/c1-2-8-20-9-7-17-15(19)12-10-14(16)18-13-6-4-3-5-11(12)13/h2-6,10H,1,7-9H2,(H,17,19). The van der Waals surface area contributed by atoms with Crippen LogP contribution in [0.1, 0.15) is 10.4 Å². The van der Waals surface area contributed by atoms with Gasteiger partial charge in [0.2, 0.25) is 0 Å². The number of nitrogens with zero attached hydrogens (tertiary/aromatic N) is 1. The Morgan fingerprint density at radius 2 is 2.25 bits per heavy atom. The molecule has 4 nitrogen and oxygen atoms in total. The van der Waals surface area contributed by atoms with Crippen LogP contribution in [0.2, 0.25) is 5.15 Å². The summed E-state index contributed by atoms with van der Waals surface area (Å²) < 4.78 is 5.21. The minimum atomic E-state index is -0.187. The van der Waals surface area contributed by atoms with Crippen molar-refractivity contribution in [3.63, 3.8) is 0 Å². The molecule has 2 rings (SSSR count). The van der Waals surface area contributed by atoms with Crippen molar-refractivity contribution in [3.05, 3.63) is 53.7 Å². The van der Waals surface area contributed by atoms with Gasteiger partial charge in [0.1, 0.15) is 5.15 Å². The summed E-state index contributed by atoms with van der Waals surface area (Å²) in [6.45, 7) is 4.89. The predicted octanol–water partition coefficient (Wildman–Crippen LogP) is 2.82. The Labute approximate surface area is 122 Å². The highest BCUT2D eigenvalue weighted by Crippen LogP contribution is 2.20. The van der Waals surface area contributed by atoms with Gasteiger partial charge in [-0.3, -0.25) is 4.79 Å². The molecule has 0 aliphatic rings. The number of nitrogens with one attached hydrogen (secondary N) is 1. The first-order valence-corrected chi connectivity index (χ1v) is 6.62. The Balaban J connectivity index is 2.11. The molecule has 0 bridgehead atoms. The number of fused-ring (bicyclic) bond motifs is 1. The number of para-hydroxylation sites is 1. The number of hydrogen-bond donors (Lipinski definition) is 1. The number of carbonyl (C=O) groups excluding carboxylic acids is 1. The Morgan fingerprint density at radius 3 is 3.05 bits per heavy atom. The molecule has 1 N–H and O–H groups in total. The van der Waals surface area contributed by atoms with E-state index >= 15 is 0 Å². The van der Waals surface area contributed by atoms with Crippen LogP contribution in [-0.2, 0) is 4.74 Å². The van der Waals surface area contributed by atoms with Gasteiger partial charge in [0.05, 0.1) is 24.3 Å². The molecule has 0 saturated carbocycles. The quantitative estimate of drug-likeness (QED) is 0.506. The fourth-order valence-corrected chi connectivity index (χ4v) is 2.03. The monoisotopic (exact) mass is 290 g/mol. The van der Waals surface area contributed by atoms with Gasteiger partial charge in [0.15, 0.2) is 0 Å². The van der Waals surface area contributed by atoms with Crippen LogP contribution in [0.3, 0.4) is 0 Å². The van der Waals surface area contributed by atoms with Crippen molar-refractivity contribution < 1.29 is 9.53 Å². The lowest BCUT2D eigenvalue weighted by Gasteiger charge is -2.08. The molecule has 0 spiro atoms. The number of rotatable bonds is 6. The number of ether oxygens (including phenoxy) is 1. The van der Waals surface area contributed by atoms with E-state index in [0.717, 1.165) is 5.39 Å². The molecule has 0 fully saturated rings. The number of carbonyl (C=O) groups is 1. The van der Waals surface area contributed by atoms with Crippen LogP contribution in [0, 0.1) is 0 Å². The van der Waals surface area contributed by atoms with Gasteiger partial charge < -0.3 is 10.1 Å². The molecule has 0 radical (unpaired) electrons. The summed E-state index contributed by atoms with van der Waals surface area (Å²) in [7, 11) is 0. The summed E-state index contributed by atoms with van der Waals surface area (Å²) in [5.74, 6) is -0.187. The lowest BCUT2D eigenvalue weighted by Crippen LogP contribution is -2.27. The molecule has 1 aromatic heterocycles. The van der Waals surface area contributed by atoms with E-state index in [1.54, 1.807) is 12.1 Å². The van der Waals surface area contributed by atoms with Crippen molar-refractivity contribution in [2.24, 2.45) is 0 Å². The first-order valence-electron chi connectivity index (χ1n) is 6.24. The predicted molar refractivity (Wildman–Crippen MR) is 80.1 cm³/mol. The molecule has 2 aromatic rings. The van der Waals surface area contributed by atoms with E-state index in [-0.39, 0.29) is 5.91 Å². The SMILES string of the molecule is C=CCOCCNC(=O)c1cc(Cl)nc2ccccc12. The third-order valence-electron chi connectivity index (χ3n) is 2.70. The van der Waals surface area contributed by atoms with E-state index in [9.17, 15) is 4.79 Å². The summed E-state index contributed by atoms with van der Waals surface area (Å²) in [6, 6.07) is 8.97. The summed E-state index contributed by atoms with van der Waals surface area (Å²) in [5.41, 5.74) is 1.22. The Kier molecular flexibility index (Phi) is 5.09. The zero-order chi connectivity index (χ0) is 14.4. The van der Waals surface area contributed by atoms with Crippen molar-refractivity contribution >= 4 is 28.4 Å². The fourth-order valence-electron chi connectivity index (χ4n) is 1.83. The number of benzene rings is 1. The average Bonchev–Trinajstić information content (AvgIpc) is 2.46. The summed E-state index contributed by atoms with van der Waals surface area (Å²) in [4.78, 5) is 16.4. The molecule has 1 heterocycles. The van der Waals surface area contributed by atoms with Crippen molar-refractivity contribution in [2.45, 2.75) is 0 Å². The van der Waals surface area contributed by atoms with Gasteiger partial charge >= 0.3 is 0 Å². The lowest BCUT2D eigenvalue weighted by atomic mass is 10.1. The van der Waals surface area contributed by atoms with Gasteiger partial charge in [0, 0.05) is 11.9 Å². The highest BCUT2D eigenvalue weighted by molar-refractivity contribution is 6.30. The maximum atomic E-state index is 12.2. The topological polar surface area (TPSA) is 51.2 Å². The first-order chi connectivity index (χ1) is 9.72. The highest BCUT2D eigenvalue weighted by atomic mass is 35.5. The number of halogens is 1. The number of amides is 1. The van der Waals surface area contributed by atoms with Gasteiger partial charge in [-0.25, -0.2) is 4.98 Å². The van der Waals surface area contributed by atoms with E-state index in [1.165, 1.54) is 0 Å². The molecule has 0 saturated heterocycles. The Hall–Kier alpha value is -1.91. The Bertz CT molecular complexity index is 628. The molecule has 0 atom stereocenters. The molecule has 0 aliphatic carbocycles. The number of pyridine rings is 1. The molecular formula is C15H15ClN2O2. The third-order valence-corrected chi connectivity index (χ3v) is 2.89. The van der Waals surface area contributed by atoms with Crippen LogP contribution in [0.5, 0.6) is 0 Å². The van der Waals surface area contributed by atoms with Crippen molar-refractivity contribution in [1.82, 2.24) is 10.3 Å². The van der Waals surface area contributed by atoms with Crippen molar-refractivity contribution in [2.75, 3.05) is 19.8 Å². The van der Waals surface area contributed by atoms with Crippen LogP contribution in [-0.4, -0.2) is 30.6 Å². The average molecular weight is 291 g/mol. The summed E-state index contributed by atoms with van der Waals surface area (Å²) in [5, 5.41) is 3.87. The van der Waals surface area contributed by atoms with Gasteiger partial charge in [-0.15, -0.1) is 6.58 Å². The van der Waals surface area contributed by atoms with E-state index in [4.69, 9.17) is 16.3 Å². The van der Waals surface area contributed by atoms with Gasteiger partial charge in [-0.05, 0) is 12.1 Å². The number of hydrogen-bond acceptors (Lipinski definition) is 3. The van der Waals surface area contributed by atoms with Crippen LogP contribution >= 0.6 is 11.6 Å².